The fraction of sp³-hybridized carbons (Fsp3) is 0.375. The lowest BCUT2D eigenvalue weighted by atomic mass is 10.0. The molecule has 0 aliphatic rings. The Morgan fingerprint density at radius 2 is 2.14 bits per heavy atom. The molecule has 0 spiro atoms. The van der Waals surface area contributed by atoms with Crippen LogP contribution in [0, 0.1) is 6.92 Å². The van der Waals surface area contributed by atoms with Crippen molar-refractivity contribution >= 4 is 17.6 Å². The molecule has 6 heteroatoms. The van der Waals surface area contributed by atoms with Gasteiger partial charge in [-0.05, 0) is 44.5 Å². The van der Waals surface area contributed by atoms with Crippen molar-refractivity contribution in [2.24, 2.45) is 0 Å². The summed E-state index contributed by atoms with van der Waals surface area (Å²) in [6.45, 7) is 5.90. The summed E-state index contributed by atoms with van der Waals surface area (Å²) in [4.78, 5) is 11.8. The molecule has 1 atom stereocenters. The predicted molar refractivity (Wildman–Crippen MR) is 84.5 cm³/mol. The second-order valence-corrected chi connectivity index (χ2v) is 5.40. The number of hydrogen-bond donors (Lipinski definition) is 1. The van der Waals surface area contributed by atoms with Gasteiger partial charge in [0.25, 0.3) is 0 Å². The highest BCUT2D eigenvalue weighted by molar-refractivity contribution is 6.30. The van der Waals surface area contributed by atoms with Gasteiger partial charge in [-0.25, -0.2) is 4.79 Å². The van der Waals surface area contributed by atoms with E-state index >= 15 is 0 Å². The number of carbonyl (C=O) groups excluding carboxylic acids is 1. The molecule has 1 unspecified atom stereocenters. The highest BCUT2D eigenvalue weighted by atomic mass is 35.5. The van der Waals surface area contributed by atoms with E-state index in [9.17, 15) is 9.90 Å². The number of phenolic OH excluding ortho intramolecular Hbond substituents is 1. The van der Waals surface area contributed by atoms with E-state index in [0.717, 1.165) is 5.69 Å². The van der Waals surface area contributed by atoms with Crippen LogP contribution in [0.2, 0.25) is 5.02 Å². The number of carbonyl (C=O) groups is 1. The zero-order chi connectivity index (χ0) is 16.3. The third-order valence-electron chi connectivity index (χ3n) is 3.44. The lowest BCUT2D eigenvalue weighted by molar-refractivity contribution is 0.0518. The molecule has 0 radical (unpaired) electrons. The maximum atomic E-state index is 11.8. The van der Waals surface area contributed by atoms with E-state index in [1.165, 1.54) is 0 Å². The first-order valence-electron chi connectivity index (χ1n) is 7.19. The molecule has 0 fully saturated rings. The molecule has 22 heavy (non-hydrogen) atoms. The van der Waals surface area contributed by atoms with Crippen molar-refractivity contribution in [3.05, 3.63) is 46.2 Å². The SMILES string of the molecule is CCOC(=O)c1cc(C)n(C(CC)c2cc(Cl)ccc2O)n1. The Balaban J connectivity index is 2.43. The first-order chi connectivity index (χ1) is 10.5. The van der Waals surface area contributed by atoms with Crippen molar-refractivity contribution in [3.8, 4) is 5.75 Å². The van der Waals surface area contributed by atoms with Crippen LogP contribution in [0.4, 0.5) is 0 Å². The van der Waals surface area contributed by atoms with Crippen LogP contribution in [-0.2, 0) is 4.74 Å². The Hall–Kier alpha value is -2.01. The first kappa shape index (κ1) is 16.4. The number of aromatic nitrogens is 2. The highest BCUT2D eigenvalue weighted by Gasteiger charge is 2.21. The molecule has 1 heterocycles. The average molecular weight is 323 g/mol. The van der Waals surface area contributed by atoms with Gasteiger partial charge in [-0.15, -0.1) is 0 Å². The van der Waals surface area contributed by atoms with Crippen molar-refractivity contribution in [3.63, 3.8) is 0 Å². The summed E-state index contributed by atoms with van der Waals surface area (Å²) in [6, 6.07) is 6.39. The number of halogens is 1. The summed E-state index contributed by atoms with van der Waals surface area (Å²) >= 11 is 6.03. The van der Waals surface area contributed by atoms with Crippen LogP contribution < -0.4 is 0 Å². The number of esters is 1. The van der Waals surface area contributed by atoms with E-state index in [1.807, 2.05) is 13.8 Å². The van der Waals surface area contributed by atoms with Crippen molar-refractivity contribution in [1.29, 1.82) is 0 Å². The summed E-state index contributed by atoms with van der Waals surface area (Å²) in [7, 11) is 0. The Kier molecular flexibility index (Phi) is 5.08. The molecule has 1 aromatic carbocycles. The molecule has 0 saturated heterocycles. The largest absolute Gasteiger partial charge is 0.508 e. The van der Waals surface area contributed by atoms with Crippen molar-refractivity contribution in [2.75, 3.05) is 6.61 Å². The van der Waals surface area contributed by atoms with Gasteiger partial charge < -0.3 is 9.84 Å². The van der Waals surface area contributed by atoms with Gasteiger partial charge in [0.1, 0.15) is 5.75 Å². The van der Waals surface area contributed by atoms with Gasteiger partial charge in [-0.3, -0.25) is 4.68 Å². The molecule has 0 saturated carbocycles. The predicted octanol–water partition coefficient (Wildman–Crippen LogP) is 3.73. The highest BCUT2D eigenvalue weighted by Crippen LogP contribution is 2.32. The van der Waals surface area contributed by atoms with Crippen LogP contribution in [-0.4, -0.2) is 27.5 Å². The van der Waals surface area contributed by atoms with Gasteiger partial charge >= 0.3 is 5.97 Å². The minimum Gasteiger partial charge on any atom is -0.508 e. The monoisotopic (exact) mass is 322 g/mol. The van der Waals surface area contributed by atoms with Crippen LogP contribution in [0.15, 0.2) is 24.3 Å². The van der Waals surface area contributed by atoms with Crippen molar-refractivity contribution in [1.82, 2.24) is 9.78 Å². The topological polar surface area (TPSA) is 64.3 Å². The average Bonchev–Trinajstić information content (AvgIpc) is 2.86. The van der Waals surface area contributed by atoms with Crippen LogP contribution in [0.5, 0.6) is 5.75 Å². The fourth-order valence-corrected chi connectivity index (χ4v) is 2.61. The minimum atomic E-state index is -0.450. The van der Waals surface area contributed by atoms with Gasteiger partial charge in [0.05, 0.1) is 12.6 Å². The zero-order valence-electron chi connectivity index (χ0n) is 12.8. The van der Waals surface area contributed by atoms with Crippen molar-refractivity contribution in [2.45, 2.75) is 33.2 Å². The van der Waals surface area contributed by atoms with E-state index in [1.54, 1.807) is 35.9 Å². The van der Waals surface area contributed by atoms with Gasteiger partial charge in [0.15, 0.2) is 5.69 Å². The van der Waals surface area contributed by atoms with Crippen LogP contribution in [0.1, 0.15) is 48.1 Å². The molecule has 0 amide bonds. The third kappa shape index (κ3) is 3.25. The molecular formula is C16H19ClN2O3. The maximum Gasteiger partial charge on any atom is 0.358 e. The summed E-state index contributed by atoms with van der Waals surface area (Å²) in [6.07, 6.45) is 0.693. The normalized spacial score (nSPS) is 12.2. The number of phenols is 1. The Morgan fingerprint density at radius 1 is 1.41 bits per heavy atom. The first-order valence-corrected chi connectivity index (χ1v) is 7.57. The van der Waals surface area contributed by atoms with E-state index in [2.05, 4.69) is 5.10 Å². The third-order valence-corrected chi connectivity index (χ3v) is 3.67. The molecule has 1 aromatic heterocycles. The maximum absolute atomic E-state index is 11.8. The minimum absolute atomic E-state index is 0.156. The van der Waals surface area contributed by atoms with E-state index in [-0.39, 0.29) is 17.5 Å². The summed E-state index contributed by atoms with van der Waals surface area (Å²) in [5.41, 5.74) is 1.75. The molecule has 0 aliphatic heterocycles. The molecule has 5 nitrogen and oxygen atoms in total. The summed E-state index contributed by atoms with van der Waals surface area (Å²) in [5.74, 6) is -0.293. The van der Waals surface area contributed by atoms with Gasteiger partial charge in [-0.2, -0.15) is 5.10 Å². The number of nitrogens with zero attached hydrogens (tertiary/aromatic N) is 2. The standard InChI is InChI=1S/C16H19ClN2O3/c1-4-14(12-9-11(17)6-7-15(12)20)19-10(3)8-13(18-19)16(21)22-5-2/h6-9,14,20H,4-5H2,1-3H3. The van der Waals surface area contributed by atoms with Gasteiger partial charge in [0.2, 0.25) is 0 Å². The Labute approximate surface area is 134 Å². The number of aromatic hydroxyl groups is 1. The second-order valence-electron chi connectivity index (χ2n) is 4.96. The van der Waals surface area contributed by atoms with Gasteiger partial charge in [-0.1, -0.05) is 18.5 Å². The quantitative estimate of drug-likeness (QED) is 0.852. The molecule has 2 aromatic rings. The number of hydrogen-bond acceptors (Lipinski definition) is 4. The number of rotatable bonds is 5. The van der Waals surface area contributed by atoms with Crippen LogP contribution in [0.3, 0.4) is 0 Å². The second kappa shape index (κ2) is 6.83. The molecule has 0 bridgehead atoms. The Bertz CT molecular complexity index is 682. The van der Waals surface area contributed by atoms with Gasteiger partial charge in [0, 0.05) is 16.3 Å². The van der Waals surface area contributed by atoms with E-state index < -0.39 is 5.97 Å². The molecule has 1 N–H and O–H groups in total. The Morgan fingerprint density at radius 3 is 2.77 bits per heavy atom. The van der Waals surface area contributed by atoms with E-state index in [0.29, 0.717) is 23.6 Å². The smallest absolute Gasteiger partial charge is 0.358 e. The molecule has 0 aliphatic carbocycles. The number of aryl methyl sites for hydroxylation is 1. The van der Waals surface area contributed by atoms with E-state index in [4.69, 9.17) is 16.3 Å². The van der Waals surface area contributed by atoms with Crippen molar-refractivity contribution < 1.29 is 14.6 Å². The molecule has 118 valence electrons. The van der Waals surface area contributed by atoms with Crippen LogP contribution in [0.25, 0.3) is 0 Å². The van der Waals surface area contributed by atoms with Crippen LogP contribution >= 0.6 is 11.6 Å². The lowest BCUT2D eigenvalue weighted by Gasteiger charge is -2.19. The lowest BCUT2D eigenvalue weighted by Crippen LogP contribution is -2.14. The summed E-state index contributed by atoms with van der Waals surface area (Å²) < 4.78 is 6.69. The molecule has 2 rings (SSSR count). The molecular weight excluding hydrogens is 304 g/mol. The zero-order valence-corrected chi connectivity index (χ0v) is 13.6. The fourth-order valence-electron chi connectivity index (χ4n) is 2.42. The number of ether oxygens (including phenoxy) is 1. The summed E-state index contributed by atoms with van der Waals surface area (Å²) in [5, 5.41) is 15.0. The number of benzene rings is 1.